The van der Waals surface area contributed by atoms with Crippen LogP contribution in [0.4, 0.5) is 19.3 Å². The number of ether oxygens (including phenoxy) is 1. The van der Waals surface area contributed by atoms with Crippen molar-refractivity contribution in [3.05, 3.63) is 64.2 Å². The predicted molar refractivity (Wildman–Crippen MR) is 107 cm³/mol. The van der Waals surface area contributed by atoms with Crippen LogP contribution in [0.3, 0.4) is 0 Å². The number of fused-ring (bicyclic) bond motifs is 2. The van der Waals surface area contributed by atoms with Crippen molar-refractivity contribution in [3.8, 4) is 0 Å². The maximum absolute atomic E-state index is 14.9. The number of hydrogen-bond acceptors (Lipinski definition) is 4. The molecule has 0 bridgehead atoms. The van der Waals surface area contributed by atoms with Crippen molar-refractivity contribution < 1.29 is 23.1 Å². The highest BCUT2D eigenvalue weighted by Gasteiger charge is 2.48. The molecule has 0 saturated carbocycles. The molecule has 158 valence electrons. The van der Waals surface area contributed by atoms with Crippen LogP contribution < -0.4 is 11.1 Å². The van der Waals surface area contributed by atoms with E-state index in [0.29, 0.717) is 24.9 Å². The van der Waals surface area contributed by atoms with Gasteiger partial charge >= 0.3 is 6.09 Å². The molecule has 2 aromatic rings. The molecule has 0 radical (unpaired) electrons. The monoisotopic (exact) mass is 435 g/mol. The Morgan fingerprint density at radius 1 is 1.33 bits per heavy atom. The number of carbonyl (C=O) groups excluding carboxylic acids is 2. The first kappa shape index (κ1) is 20.6. The number of carbonyl (C=O) groups is 2. The van der Waals surface area contributed by atoms with Crippen molar-refractivity contribution in [1.82, 2.24) is 4.90 Å². The van der Waals surface area contributed by atoms with Crippen LogP contribution in [0.15, 0.2) is 36.4 Å². The van der Waals surface area contributed by atoms with Gasteiger partial charge in [-0.1, -0.05) is 23.7 Å². The summed E-state index contributed by atoms with van der Waals surface area (Å²) >= 11 is 5.96. The average molecular weight is 436 g/mol. The minimum Gasteiger partial charge on any atom is -0.436 e. The fourth-order valence-corrected chi connectivity index (χ4v) is 4.36. The largest absolute Gasteiger partial charge is 0.436 e. The molecule has 1 fully saturated rings. The Bertz CT molecular complexity index is 1020. The summed E-state index contributed by atoms with van der Waals surface area (Å²) in [6.45, 7) is 0.348. The normalized spacial score (nSPS) is 21.6. The van der Waals surface area contributed by atoms with Gasteiger partial charge in [-0.05, 0) is 49.1 Å². The van der Waals surface area contributed by atoms with Crippen LogP contribution in [0, 0.1) is 11.6 Å². The van der Waals surface area contributed by atoms with Gasteiger partial charge in [-0.15, -0.1) is 0 Å². The molecule has 6 nitrogen and oxygen atoms in total. The molecule has 2 aromatic carbocycles. The Morgan fingerprint density at radius 2 is 2.13 bits per heavy atom. The number of amides is 2. The number of hydrogen-bond donors (Lipinski definition) is 2. The van der Waals surface area contributed by atoms with Crippen molar-refractivity contribution in [1.29, 1.82) is 0 Å². The topological polar surface area (TPSA) is 84.7 Å². The van der Waals surface area contributed by atoms with Crippen LogP contribution in [0.2, 0.25) is 5.02 Å². The van der Waals surface area contributed by atoms with Crippen molar-refractivity contribution >= 4 is 29.3 Å². The van der Waals surface area contributed by atoms with Gasteiger partial charge < -0.3 is 15.4 Å². The highest BCUT2D eigenvalue weighted by molar-refractivity contribution is 6.31. The number of nitrogens with one attached hydrogen (secondary N) is 1. The summed E-state index contributed by atoms with van der Waals surface area (Å²) in [4.78, 5) is 26.6. The van der Waals surface area contributed by atoms with E-state index in [9.17, 15) is 18.4 Å². The molecule has 1 saturated heterocycles. The number of likely N-dealkylation sites (tertiary alicyclic amines) is 1. The number of nitrogens with zero attached hydrogens (tertiary/aromatic N) is 1. The van der Waals surface area contributed by atoms with Gasteiger partial charge in [0.1, 0.15) is 5.82 Å². The Labute approximate surface area is 176 Å². The van der Waals surface area contributed by atoms with Gasteiger partial charge in [-0.25, -0.2) is 13.6 Å². The minimum atomic E-state index is -1.35. The first-order valence-electron chi connectivity index (χ1n) is 9.56. The maximum atomic E-state index is 14.9. The third-order valence-electron chi connectivity index (χ3n) is 5.50. The number of piperidine rings is 1. The van der Waals surface area contributed by atoms with E-state index in [1.54, 1.807) is 12.1 Å². The van der Waals surface area contributed by atoms with E-state index in [4.69, 9.17) is 22.1 Å². The number of anilines is 1. The Morgan fingerprint density at radius 3 is 2.90 bits per heavy atom. The highest BCUT2D eigenvalue weighted by atomic mass is 35.5. The predicted octanol–water partition coefficient (Wildman–Crippen LogP) is 3.57. The summed E-state index contributed by atoms with van der Waals surface area (Å²) < 4.78 is 33.9. The first-order valence-corrected chi connectivity index (χ1v) is 9.94. The molecule has 3 N–H and O–H groups in total. The third kappa shape index (κ3) is 3.73. The molecule has 0 aromatic heterocycles. The summed E-state index contributed by atoms with van der Waals surface area (Å²) in [5, 5.41) is 2.38. The summed E-state index contributed by atoms with van der Waals surface area (Å²) in [5.41, 5.74) is 5.74. The SMILES string of the molecule is N[C@H](Cc1cccc(F)c1)C(=O)N1CCCC2(C1)OC(=O)Nc1ccc(Cl)c(F)c12. The molecule has 4 rings (SSSR count). The molecule has 1 spiro atoms. The van der Waals surface area contributed by atoms with Crippen LogP contribution in [0.25, 0.3) is 0 Å². The zero-order chi connectivity index (χ0) is 21.5. The van der Waals surface area contributed by atoms with Gasteiger partial charge in [-0.3, -0.25) is 10.1 Å². The first-order chi connectivity index (χ1) is 14.3. The van der Waals surface area contributed by atoms with E-state index in [-0.39, 0.29) is 35.1 Å². The van der Waals surface area contributed by atoms with Gasteiger partial charge in [0.05, 0.1) is 28.9 Å². The molecule has 2 heterocycles. The molecule has 9 heteroatoms. The molecule has 30 heavy (non-hydrogen) atoms. The Balaban J connectivity index is 1.60. The van der Waals surface area contributed by atoms with Crippen molar-refractivity contribution in [3.63, 3.8) is 0 Å². The van der Waals surface area contributed by atoms with Gasteiger partial charge in [0, 0.05) is 6.54 Å². The van der Waals surface area contributed by atoms with Crippen LogP contribution in [0.5, 0.6) is 0 Å². The maximum Gasteiger partial charge on any atom is 0.412 e. The zero-order valence-electron chi connectivity index (χ0n) is 16.0. The van der Waals surface area contributed by atoms with E-state index >= 15 is 0 Å². The van der Waals surface area contributed by atoms with Crippen LogP contribution in [-0.4, -0.2) is 36.0 Å². The van der Waals surface area contributed by atoms with Gasteiger partial charge in [0.15, 0.2) is 11.4 Å². The fourth-order valence-electron chi connectivity index (χ4n) is 4.20. The van der Waals surface area contributed by atoms with Gasteiger partial charge in [-0.2, -0.15) is 0 Å². The summed E-state index contributed by atoms with van der Waals surface area (Å²) in [6, 6.07) is 7.84. The molecule has 2 aliphatic heterocycles. The molecular weight excluding hydrogens is 416 g/mol. The summed E-state index contributed by atoms with van der Waals surface area (Å²) in [6.07, 6.45) is 0.255. The van der Waals surface area contributed by atoms with Crippen molar-refractivity contribution in [2.75, 3.05) is 18.4 Å². The van der Waals surface area contributed by atoms with Crippen LogP contribution >= 0.6 is 11.6 Å². The third-order valence-corrected chi connectivity index (χ3v) is 5.80. The lowest BCUT2D eigenvalue weighted by Crippen LogP contribution is -2.56. The smallest absolute Gasteiger partial charge is 0.412 e. The second kappa shape index (κ2) is 7.85. The molecule has 0 aliphatic carbocycles. The van der Waals surface area contributed by atoms with Gasteiger partial charge in [0.25, 0.3) is 0 Å². The average Bonchev–Trinajstić information content (AvgIpc) is 2.70. The second-order valence-electron chi connectivity index (χ2n) is 7.60. The minimum absolute atomic E-state index is 0.0413. The summed E-state index contributed by atoms with van der Waals surface area (Å²) in [5.74, 6) is -1.47. The quantitative estimate of drug-likeness (QED) is 0.772. The molecule has 1 unspecified atom stereocenters. The Hall–Kier alpha value is -2.71. The molecular formula is C21H20ClF2N3O3. The second-order valence-corrected chi connectivity index (χ2v) is 8.00. The van der Waals surface area contributed by atoms with E-state index in [2.05, 4.69) is 5.32 Å². The number of rotatable bonds is 3. The van der Waals surface area contributed by atoms with E-state index in [1.807, 2.05) is 0 Å². The lowest BCUT2D eigenvalue weighted by Gasteiger charge is -2.45. The van der Waals surface area contributed by atoms with E-state index in [1.165, 1.54) is 29.2 Å². The Kier molecular flexibility index (Phi) is 5.38. The van der Waals surface area contributed by atoms with Crippen LogP contribution in [0.1, 0.15) is 24.0 Å². The molecule has 2 aliphatic rings. The number of halogens is 3. The number of benzene rings is 2. The van der Waals surface area contributed by atoms with Crippen LogP contribution in [-0.2, 0) is 21.6 Å². The van der Waals surface area contributed by atoms with E-state index < -0.39 is 29.4 Å². The van der Waals surface area contributed by atoms with Crippen molar-refractivity contribution in [2.24, 2.45) is 5.73 Å². The molecule has 2 atom stereocenters. The fraction of sp³-hybridized carbons (Fsp3) is 0.333. The van der Waals surface area contributed by atoms with E-state index in [0.717, 1.165) is 0 Å². The summed E-state index contributed by atoms with van der Waals surface area (Å²) in [7, 11) is 0. The van der Waals surface area contributed by atoms with Gasteiger partial charge in [0.2, 0.25) is 5.91 Å². The standard InChI is InChI=1S/C21H20ClF2N3O3/c22-14-5-6-16-17(18(14)24)21(30-20(29)26-16)7-2-8-27(11-21)19(28)15(25)10-12-3-1-4-13(23)9-12/h1,3-6,9,15H,2,7-8,10-11,25H2,(H,26,29)/t15-,21?/m1/s1. The lowest BCUT2D eigenvalue weighted by atomic mass is 9.82. The number of nitrogens with two attached hydrogens (primary N) is 1. The zero-order valence-corrected chi connectivity index (χ0v) is 16.7. The lowest BCUT2D eigenvalue weighted by molar-refractivity contribution is -0.140. The molecule has 2 amide bonds. The van der Waals surface area contributed by atoms with Crippen molar-refractivity contribution in [2.45, 2.75) is 30.9 Å². The highest BCUT2D eigenvalue weighted by Crippen LogP contribution is 2.45.